The first-order valence-electron chi connectivity index (χ1n) is 9.20. The molecule has 0 N–H and O–H groups in total. The van der Waals surface area contributed by atoms with Gasteiger partial charge >= 0.3 is 0 Å². The van der Waals surface area contributed by atoms with Crippen LogP contribution in [0.1, 0.15) is 11.3 Å². The van der Waals surface area contributed by atoms with Crippen molar-refractivity contribution in [1.82, 2.24) is 9.80 Å². The minimum atomic E-state index is -0.280. The van der Waals surface area contributed by atoms with E-state index >= 15 is 0 Å². The predicted octanol–water partition coefficient (Wildman–Crippen LogP) is 3.10. The molecule has 2 aliphatic heterocycles. The van der Waals surface area contributed by atoms with Gasteiger partial charge in [0.05, 0.1) is 16.6 Å². The molecule has 2 fully saturated rings. The number of rotatable bonds is 4. The lowest BCUT2D eigenvalue weighted by atomic mass is 10.1. The standard InChI is InChI=1S/C20H22ClN3O2S/c21-17-5-1-2-6-18(17)24-13-15(12-19(24)25)20(26)23-9-7-22(8-10-23)14-16-4-3-11-27-16/h1-6,11,15H,7-10,12-14H2/t15-/m1/s1. The molecule has 2 aromatic rings. The minimum Gasteiger partial charge on any atom is -0.340 e. The second-order valence-electron chi connectivity index (χ2n) is 7.04. The molecule has 1 atom stereocenters. The van der Waals surface area contributed by atoms with E-state index in [2.05, 4.69) is 22.4 Å². The quantitative estimate of drug-likeness (QED) is 0.787. The summed E-state index contributed by atoms with van der Waals surface area (Å²) in [6, 6.07) is 11.5. The van der Waals surface area contributed by atoms with Gasteiger partial charge in [-0.15, -0.1) is 11.3 Å². The fourth-order valence-electron chi connectivity index (χ4n) is 3.78. The van der Waals surface area contributed by atoms with Gasteiger partial charge in [-0.05, 0) is 23.6 Å². The molecule has 0 spiro atoms. The van der Waals surface area contributed by atoms with Crippen molar-refractivity contribution in [3.63, 3.8) is 0 Å². The highest BCUT2D eigenvalue weighted by Gasteiger charge is 2.38. The summed E-state index contributed by atoms with van der Waals surface area (Å²) in [5.74, 6) is -0.218. The zero-order valence-corrected chi connectivity index (χ0v) is 16.6. The number of hydrogen-bond donors (Lipinski definition) is 0. The number of hydrogen-bond acceptors (Lipinski definition) is 4. The number of thiophene rings is 1. The van der Waals surface area contributed by atoms with Gasteiger partial charge in [-0.1, -0.05) is 29.8 Å². The fourth-order valence-corrected chi connectivity index (χ4v) is 4.77. The van der Waals surface area contributed by atoms with Gasteiger partial charge in [0.1, 0.15) is 0 Å². The maximum atomic E-state index is 12.9. The lowest BCUT2D eigenvalue weighted by Crippen LogP contribution is -2.50. The average molecular weight is 404 g/mol. The molecule has 3 heterocycles. The van der Waals surface area contributed by atoms with Gasteiger partial charge in [-0.25, -0.2) is 0 Å². The van der Waals surface area contributed by atoms with Crippen LogP contribution in [0.2, 0.25) is 5.02 Å². The average Bonchev–Trinajstić information content (AvgIpc) is 3.32. The van der Waals surface area contributed by atoms with Crippen LogP contribution in [0.4, 0.5) is 5.69 Å². The zero-order valence-electron chi connectivity index (χ0n) is 15.0. The van der Waals surface area contributed by atoms with E-state index in [1.54, 1.807) is 22.3 Å². The van der Waals surface area contributed by atoms with Crippen LogP contribution in [0.25, 0.3) is 0 Å². The van der Waals surface area contributed by atoms with Crippen LogP contribution in [0.3, 0.4) is 0 Å². The summed E-state index contributed by atoms with van der Waals surface area (Å²) in [5, 5.41) is 2.64. The maximum absolute atomic E-state index is 12.9. The normalized spacial score (nSPS) is 21.1. The van der Waals surface area contributed by atoms with E-state index in [0.717, 1.165) is 32.7 Å². The summed E-state index contributed by atoms with van der Waals surface area (Å²) < 4.78 is 0. The zero-order chi connectivity index (χ0) is 18.8. The van der Waals surface area contributed by atoms with Crippen molar-refractivity contribution in [1.29, 1.82) is 0 Å². The molecule has 5 nitrogen and oxygen atoms in total. The van der Waals surface area contributed by atoms with Gasteiger partial charge in [0.2, 0.25) is 11.8 Å². The summed E-state index contributed by atoms with van der Waals surface area (Å²) in [6.45, 7) is 4.55. The van der Waals surface area contributed by atoms with E-state index in [-0.39, 0.29) is 24.2 Å². The van der Waals surface area contributed by atoms with E-state index in [0.29, 0.717) is 17.3 Å². The third-order valence-corrected chi connectivity index (χ3v) is 6.44. The Balaban J connectivity index is 1.34. The van der Waals surface area contributed by atoms with E-state index in [9.17, 15) is 9.59 Å². The van der Waals surface area contributed by atoms with E-state index in [1.165, 1.54) is 4.88 Å². The number of piperazine rings is 1. The van der Waals surface area contributed by atoms with Crippen molar-refractivity contribution in [3.8, 4) is 0 Å². The molecular formula is C20H22ClN3O2S. The number of halogens is 1. The first-order valence-corrected chi connectivity index (χ1v) is 10.5. The molecule has 0 radical (unpaired) electrons. The second kappa shape index (κ2) is 8.00. The highest BCUT2D eigenvalue weighted by atomic mass is 35.5. The number of para-hydroxylation sites is 1. The monoisotopic (exact) mass is 403 g/mol. The van der Waals surface area contributed by atoms with Crippen molar-refractivity contribution in [3.05, 3.63) is 51.7 Å². The molecule has 1 aromatic carbocycles. The first-order chi connectivity index (χ1) is 13.1. The number of nitrogens with zero attached hydrogens (tertiary/aromatic N) is 3. The Morgan fingerprint density at radius 2 is 1.89 bits per heavy atom. The maximum Gasteiger partial charge on any atom is 0.228 e. The molecule has 0 saturated carbocycles. The lowest BCUT2D eigenvalue weighted by molar-refractivity contribution is -0.137. The summed E-state index contributed by atoms with van der Waals surface area (Å²) >= 11 is 7.99. The van der Waals surface area contributed by atoms with Gasteiger partial charge in [0.25, 0.3) is 0 Å². The topological polar surface area (TPSA) is 43.9 Å². The van der Waals surface area contributed by atoms with Gasteiger partial charge in [0, 0.05) is 50.6 Å². The van der Waals surface area contributed by atoms with Gasteiger partial charge in [0.15, 0.2) is 0 Å². The molecule has 2 aliphatic rings. The molecule has 142 valence electrons. The summed E-state index contributed by atoms with van der Waals surface area (Å²) in [5.41, 5.74) is 0.695. The Morgan fingerprint density at radius 1 is 1.11 bits per heavy atom. The van der Waals surface area contributed by atoms with Crippen LogP contribution >= 0.6 is 22.9 Å². The highest BCUT2D eigenvalue weighted by Crippen LogP contribution is 2.31. The molecule has 0 bridgehead atoms. The minimum absolute atomic E-state index is 0.0298. The van der Waals surface area contributed by atoms with Crippen molar-refractivity contribution in [2.24, 2.45) is 5.92 Å². The number of anilines is 1. The molecule has 27 heavy (non-hydrogen) atoms. The Bertz CT molecular complexity index is 818. The van der Waals surface area contributed by atoms with Crippen LogP contribution in [0.15, 0.2) is 41.8 Å². The third kappa shape index (κ3) is 4.03. The second-order valence-corrected chi connectivity index (χ2v) is 8.48. The molecule has 1 aromatic heterocycles. The molecule has 2 amide bonds. The van der Waals surface area contributed by atoms with Crippen molar-refractivity contribution in [2.45, 2.75) is 13.0 Å². The van der Waals surface area contributed by atoms with Crippen molar-refractivity contribution in [2.75, 3.05) is 37.6 Å². The Morgan fingerprint density at radius 3 is 2.59 bits per heavy atom. The van der Waals surface area contributed by atoms with Gasteiger partial charge in [-0.2, -0.15) is 0 Å². The number of benzene rings is 1. The highest BCUT2D eigenvalue weighted by molar-refractivity contribution is 7.09. The Hall–Kier alpha value is -1.89. The van der Waals surface area contributed by atoms with E-state index < -0.39 is 0 Å². The number of amides is 2. The van der Waals surface area contributed by atoms with Gasteiger partial charge in [-0.3, -0.25) is 14.5 Å². The number of carbonyl (C=O) groups is 2. The largest absolute Gasteiger partial charge is 0.340 e. The van der Waals surface area contributed by atoms with E-state index in [4.69, 9.17) is 11.6 Å². The molecule has 0 unspecified atom stereocenters. The molecule has 7 heteroatoms. The summed E-state index contributed by atoms with van der Waals surface area (Å²) in [6.07, 6.45) is 0.263. The molecule has 4 rings (SSSR count). The van der Waals surface area contributed by atoms with Crippen LogP contribution < -0.4 is 4.90 Å². The first kappa shape index (κ1) is 18.5. The summed E-state index contributed by atoms with van der Waals surface area (Å²) in [4.78, 5) is 32.7. The molecular weight excluding hydrogens is 382 g/mol. The third-order valence-electron chi connectivity index (χ3n) is 5.26. The van der Waals surface area contributed by atoms with Crippen molar-refractivity contribution >= 4 is 40.4 Å². The Labute approximate surface area is 168 Å². The number of carbonyl (C=O) groups excluding carboxylic acids is 2. The lowest BCUT2D eigenvalue weighted by Gasteiger charge is -2.35. The van der Waals surface area contributed by atoms with Crippen LogP contribution in [0, 0.1) is 5.92 Å². The van der Waals surface area contributed by atoms with Crippen LogP contribution in [0.5, 0.6) is 0 Å². The summed E-state index contributed by atoms with van der Waals surface area (Å²) in [7, 11) is 0. The van der Waals surface area contributed by atoms with Gasteiger partial charge < -0.3 is 9.80 Å². The van der Waals surface area contributed by atoms with Crippen LogP contribution in [-0.4, -0.2) is 54.3 Å². The molecule has 0 aliphatic carbocycles. The fraction of sp³-hybridized carbons (Fsp3) is 0.400. The van der Waals surface area contributed by atoms with Crippen molar-refractivity contribution < 1.29 is 9.59 Å². The smallest absolute Gasteiger partial charge is 0.228 e. The van der Waals surface area contributed by atoms with Crippen LogP contribution in [-0.2, 0) is 16.1 Å². The predicted molar refractivity (Wildman–Crippen MR) is 108 cm³/mol. The Kier molecular flexibility index (Phi) is 5.48. The molecule has 2 saturated heterocycles. The van der Waals surface area contributed by atoms with E-state index in [1.807, 2.05) is 23.1 Å². The SMILES string of the molecule is O=C([C@@H]1CC(=O)N(c2ccccc2Cl)C1)N1CCN(Cc2cccs2)CC1.